The first-order chi connectivity index (χ1) is 9.67. The fourth-order valence-electron chi connectivity index (χ4n) is 2.61. The molecule has 1 aromatic carbocycles. The number of para-hydroxylation sites is 1. The lowest BCUT2D eigenvalue weighted by atomic mass is 9.95. The third-order valence-corrected chi connectivity index (χ3v) is 3.83. The molecule has 1 heterocycles. The molecule has 2 N–H and O–H groups in total. The van der Waals surface area contributed by atoms with Crippen LogP contribution >= 0.6 is 0 Å². The molecule has 0 spiro atoms. The number of amides is 2. The van der Waals surface area contributed by atoms with Gasteiger partial charge in [-0.1, -0.05) is 12.1 Å². The first-order valence-electron chi connectivity index (χ1n) is 6.95. The summed E-state index contributed by atoms with van der Waals surface area (Å²) in [6, 6.07) is 7.50. The SMILES string of the molecule is CNC(=O)C1CCN(C(=O)c2ccccc2NC)CC1. The van der Waals surface area contributed by atoms with Gasteiger partial charge in [0, 0.05) is 38.8 Å². The summed E-state index contributed by atoms with van der Waals surface area (Å²) < 4.78 is 0. The van der Waals surface area contributed by atoms with Gasteiger partial charge in [-0.15, -0.1) is 0 Å². The molecule has 5 nitrogen and oxygen atoms in total. The van der Waals surface area contributed by atoms with Crippen molar-refractivity contribution in [2.45, 2.75) is 12.8 Å². The zero-order valence-electron chi connectivity index (χ0n) is 12.0. The van der Waals surface area contributed by atoms with E-state index in [0.717, 1.165) is 18.5 Å². The maximum atomic E-state index is 12.5. The van der Waals surface area contributed by atoms with Gasteiger partial charge in [0.1, 0.15) is 0 Å². The summed E-state index contributed by atoms with van der Waals surface area (Å²) in [7, 11) is 3.47. The van der Waals surface area contributed by atoms with E-state index in [1.807, 2.05) is 36.2 Å². The molecule has 0 aliphatic carbocycles. The Morgan fingerprint density at radius 3 is 2.40 bits per heavy atom. The number of hydrogen-bond donors (Lipinski definition) is 2. The minimum absolute atomic E-state index is 0.0311. The summed E-state index contributed by atoms with van der Waals surface area (Å²) in [5, 5.41) is 5.72. The Kier molecular flexibility index (Phi) is 4.61. The summed E-state index contributed by atoms with van der Waals surface area (Å²) in [5.41, 5.74) is 1.53. The maximum Gasteiger partial charge on any atom is 0.255 e. The predicted octanol–water partition coefficient (Wildman–Crippen LogP) is 1.33. The molecule has 5 heteroatoms. The number of benzene rings is 1. The van der Waals surface area contributed by atoms with Crippen LogP contribution in [0.1, 0.15) is 23.2 Å². The highest BCUT2D eigenvalue weighted by atomic mass is 16.2. The smallest absolute Gasteiger partial charge is 0.255 e. The second-order valence-corrected chi connectivity index (χ2v) is 4.98. The van der Waals surface area contributed by atoms with Crippen LogP contribution in [-0.4, -0.2) is 43.9 Å². The molecule has 1 saturated heterocycles. The largest absolute Gasteiger partial charge is 0.387 e. The van der Waals surface area contributed by atoms with Crippen LogP contribution in [0.25, 0.3) is 0 Å². The van der Waals surface area contributed by atoms with Crippen molar-refractivity contribution in [1.29, 1.82) is 0 Å². The quantitative estimate of drug-likeness (QED) is 0.875. The van der Waals surface area contributed by atoms with Crippen LogP contribution in [-0.2, 0) is 4.79 Å². The van der Waals surface area contributed by atoms with Crippen molar-refractivity contribution < 1.29 is 9.59 Å². The van der Waals surface area contributed by atoms with Crippen LogP contribution in [0.5, 0.6) is 0 Å². The third-order valence-electron chi connectivity index (χ3n) is 3.83. The Bertz CT molecular complexity index is 494. The van der Waals surface area contributed by atoms with Gasteiger partial charge in [-0.2, -0.15) is 0 Å². The Balaban J connectivity index is 2.03. The molecule has 0 unspecified atom stereocenters. The molecule has 20 heavy (non-hydrogen) atoms. The Labute approximate surface area is 119 Å². The Morgan fingerprint density at radius 1 is 1.15 bits per heavy atom. The van der Waals surface area contributed by atoms with Gasteiger partial charge in [-0.25, -0.2) is 0 Å². The zero-order chi connectivity index (χ0) is 14.5. The van der Waals surface area contributed by atoms with Crippen molar-refractivity contribution in [2.75, 3.05) is 32.5 Å². The lowest BCUT2D eigenvalue weighted by Crippen LogP contribution is -2.42. The lowest BCUT2D eigenvalue weighted by molar-refractivity contribution is -0.125. The average Bonchev–Trinajstić information content (AvgIpc) is 2.53. The first kappa shape index (κ1) is 14.4. The number of piperidine rings is 1. The second-order valence-electron chi connectivity index (χ2n) is 4.98. The normalized spacial score (nSPS) is 15.8. The van der Waals surface area contributed by atoms with Gasteiger partial charge in [-0.05, 0) is 25.0 Å². The Morgan fingerprint density at radius 2 is 1.80 bits per heavy atom. The molecular formula is C15H21N3O2. The summed E-state index contributed by atoms with van der Waals surface area (Å²) >= 11 is 0. The van der Waals surface area contributed by atoms with Gasteiger partial charge in [0.05, 0.1) is 5.56 Å². The van der Waals surface area contributed by atoms with E-state index in [9.17, 15) is 9.59 Å². The van der Waals surface area contributed by atoms with Crippen molar-refractivity contribution in [3.63, 3.8) is 0 Å². The molecule has 1 aromatic rings. The van der Waals surface area contributed by atoms with Gasteiger partial charge in [0.15, 0.2) is 0 Å². The van der Waals surface area contributed by atoms with Crippen molar-refractivity contribution >= 4 is 17.5 Å². The van der Waals surface area contributed by atoms with Crippen LogP contribution in [0.15, 0.2) is 24.3 Å². The third kappa shape index (κ3) is 2.92. The van der Waals surface area contributed by atoms with Crippen LogP contribution in [0, 0.1) is 5.92 Å². The van der Waals surface area contributed by atoms with Gasteiger partial charge in [-0.3, -0.25) is 9.59 Å². The molecule has 1 fully saturated rings. The maximum absolute atomic E-state index is 12.5. The highest BCUT2D eigenvalue weighted by Crippen LogP contribution is 2.22. The molecule has 0 saturated carbocycles. The van der Waals surface area contributed by atoms with Crippen LogP contribution < -0.4 is 10.6 Å². The highest BCUT2D eigenvalue weighted by molar-refractivity contribution is 5.99. The molecule has 0 aromatic heterocycles. The molecule has 0 atom stereocenters. The molecule has 1 aliphatic rings. The van der Waals surface area contributed by atoms with Crippen LogP contribution in [0.3, 0.4) is 0 Å². The number of hydrogen-bond acceptors (Lipinski definition) is 3. The molecular weight excluding hydrogens is 254 g/mol. The number of nitrogens with one attached hydrogen (secondary N) is 2. The van der Waals surface area contributed by atoms with E-state index in [4.69, 9.17) is 0 Å². The summed E-state index contributed by atoms with van der Waals surface area (Å²) in [6.07, 6.45) is 1.46. The lowest BCUT2D eigenvalue weighted by Gasteiger charge is -2.31. The number of carbonyl (C=O) groups is 2. The van der Waals surface area contributed by atoms with Gasteiger partial charge in [0.25, 0.3) is 5.91 Å². The minimum atomic E-state index is 0.0311. The number of likely N-dealkylation sites (tertiary alicyclic amines) is 1. The van der Waals surface area contributed by atoms with E-state index in [1.165, 1.54) is 0 Å². The summed E-state index contributed by atoms with van der Waals surface area (Å²) in [6.45, 7) is 1.27. The minimum Gasteiger partial charge on any atom is -0.387 e. The Hall–Kier alpha value is -2.04. The van der Waals surface area contributed by atoms with Crippen molar-refractivity contribution in [2.24, 2.45) is 5.92 Å². The van der Waals surface area contributed by atoms with E-state index >= 15 is 0 Å². The van der Waals surface area contributed by atoms with E-state index in [0.29, 0.717) is 18.7 Å². The fourth-order valence-corrected chi connectivity index (χ4v) is 2.61. The second kappa shape index (κ2) is 6.41. The molecule has 0 radical (unpaired) electrons. The average molecular weight is 275 g/mol. The molecule has 2 amide bonds. The summed E-state index contributed by atoms with van der Waals surface area (Å²) in [5.74, 6) is 0.140. The predicted molar refractivity (Wildman–Crippen MR) is 78.7 cm³/mol. The van der Waals surface area contributed by atoms with Crippen molar-refractivity contribution in [3.05, 3.63) is 29.8 Å². The topological polar surface area (TPSA) is 61.4 Å². The van der Waals surface area contributed by atoms with E-state index in [-0.39, 0.29) is 17.7 Å². The first-order valence-corrected chi connectivity index (χ1v) is 6.95. The van der Waals surface area contributed by atoms with Gasteiger partial charge >= 0.3 is 0 Å². The van der Waals surface area contributed by atoms with E-state index in [1.54, 1.807) is 7.05 Å². The number of rotatable bonds is 3. The highest BCUT2D eigenvalue weighted by Gasteiger charge is 2.27. The standard InChI is InChI=1S/C15H21N3O2/c1-16-13-6-4-3-5-12(13)15(20)18-9-7-11(8-10-18)14(19)17-2/h3-6,11,16H,7-10H2,1-2H3,(H,17,19). The van der Waals surface area contributed by atoms with E-state index < -0.39 is 0 Å². The van der Waals surface area contributed by atoms with Gasteiger partial charge in [0.2, 0.25) is 5.91 Å². The van der Waals surface area contributed by atoms with E-state index in [2.05, 4.69) is 10.6 Å². The molecule has 108 valence electrons. The monoisotopic (exact) mass is 275 g/mol. The van der Waals surface area contributed by atoms with Crippen molar-refractivity contribution in [3.8, 4) is 0 Å². The number of anilines is 1. The fraction of sp³-hybridized carbons (Fsp3) is 0.467. The number of nitrogens with zero attached hydrogens (tertiary/aromatic N) is 1. The van der Waals surface area contributed by atoms with Gasteiger partial charge < -0.3 is 15.5 Å². The summed E-state index contributed by atoms with van der Waals surface area (Å²) in [4.78, 5) is 25.9. The molecule has 1 aliphatic heterocycles. The zero-order valence-corrected chi connectivity index (χ0v) is 12.0. The number of carbonyl (C=O) groups excluding carboxylic acids is 2. The van der Waals surface area contributed by atoms with Crippen LogP contribution in [0.2, 0.25) is 0 Å². The molecule has 0 bridgehead atoms. The molecule has 2 rings (SSSR count). The van der Waals surface area contributed by atoms with Crippen LogP contribution in [0.4, 0.5) is 5.69 Å². The van der Waals surface area contributed by atoms with Crippen molar-refractivity contribution in [1.82, 2.24) is 10.2 Å².